The molecular formula is C34H40N4O2. The van der Waals surface area contributed by atoms with E-state index in [0.717, 1.165) is 59.8 Å². The highest BCUT2D eigenvalue weighted by Crippen LogP contribution is 2.39. The monoisotopic (exact) mass is 536 g/mol. The van der Waals surface area contributed by atoms with E-state index in [4.69, 9.17) is 0 Å². The second-order valence-electron chi connectivity index (χ2n) is 12.2. The van der Waals surface area contributed by atoms with Gasteiger partial charge >= 0.3 is 0 Å². The van der Waals surface area contributed by atoms with Crippen molar-refractivity contribution >= 4 is 22.7 Å². The molecule has 2 aromatic heterocycles. The van der Waals surface area contributed by atoms with Gasteiger partial charge in [0.1, 0.15) is 11.2 Å². The number of nitrogens with zero attached hydrogens (tertiary/aromatic N) is 3. The number of aromatic nitrogens is 2. The number of amides is 2. The zero-order valence-electron chi connectivity index (χ0n) is 24.1. The Kier molecular flexibility index (Phi) is 6.81. The van der Waals surface area contributed by atoms with Gasteiger partial charge in [0.15, 0.2) is 0 Å². The van der Waals surface area contributed by atoms with Gasteiger partial charge in [-0.3, -0.25) is 9.59 Å². The first-order chi connectivity index (χ1) is 19.3. The number of carbonyl (C=O) groups excluding carboxylic acids is 2. The lowest BCUT2D eigenvalue weighted by molar-refractivity contribution is -0.134. The Balaban J connectivity index is 1.47. The number of hydrogen-bond donors (Lipinski definition) is 1. The minimum atomic E-state index is -1.04. The Hall–Kier alpha value is -3.80. The van der Waals surface area contributed by atoms with E-state index in [2.05, 4.69) is 73.1 Å². The molecule has 1 N–H and O–H groups in total. The van der Waals surface area contributed by atoms with E-state index in [1.807, 2.05) is 40.9 Å². The third-order valence-corrected chi connectivity index (χ3v) is 9.18. The summed E-state index contributed by atoms with van der Waals surface area (Å²) in [5.74, 6) is 0.526. The van der Waals surface area contributed by atoms with Gasteiger partial charge in [-0.2, -0.15) is 0 Å². The highest BCUT2D eigenvalue weighted by molar-refractivity contribution is 6.09. The second kappa shape index (κ2) is 10.3. The van der Waals surface area contributed by atoms with Gasteiger partial charge < -0.3 is 19.4 Å². The molecule has 1 fully saturated rings. The van der Waals surface area contributed by atoms with Crippen LogP contribution in [0.5, 0.6) is 0 Å². The van der Waals surface area contributed by atoms with E-state index in [0.29, 0.717) is 24.7 Å². The van der Waals surface area contributed by atoms with Crippen molar-refractivity contribution in [1.29, 1.82) is 0 Å². The fourth-order valence-electron chi connectivity index (χ4n) is 6.57. The zero-order chi connectivity index (χ0) is 28.0. The van der Waals surface area contributed by atoms with Crippen molar-refractivity contribution < 1.29 is 9.59 Å². The summed E-state index contributed by atoms with van der Waals surface area (Å²) in [4.78, 5) is 30.7. The highest BCUT2D eigenvalue weighted by Gasteiger charge is 2.49. The second-order valence-corrected chi connectivity index (χ2v) is 12.2. The summed E-state index contributed by atoms with van der Waals surface area (Å²) in [6.45, 7) is 9.22. The summed E-state index contributed by atoms with van der Waals surface area (Å²) in [7, 11) is 0. The molecule has 1 atom stereocenters. The van der Waals surface area contributed by atoms with Crippen molar-refractivity contribution in [3.8, 4) is 5.69 Å². The molecule has 2 aliphatic rings. The molecule has 4 aromatic rings. The number of rotatable bonds is 6. The van der Waals surface area contributed by atoms with Crippen molar-refractivity contribution in [3.05, 3.63) is 89.4 Å². The van der Waals surface area contributed by atoms with Crippen LogP contribution < -0.4 is 5.32 Å². The van der Waals surface area contributed by atoms with Gasteiger partial charge in [-0.15, -0.1) is 0 Å². The number of carbonyl (C=O) groups is 2. The summed E-state index contributed by atoms with van der Waals surface area (Å²) in [5, 5.41) is 4.40. The van der Waals surface area contributed by atoms with Crippen LogP contribution in [0.25, 0.3) is 16.6 Å². The average Bonchev–Trinajstić information content (AvgIpc) is 3.58. The Bertz CT molecular complexity index is 1540. The van der Waals surface area contributed by atoms with Gasteiger partial charge in [-0.1, -0.05) is 49.7 Å². The van der Waals surface area contributed by atoms with Crippen molar-refractivity contribution in [1.82, 2.24) is 19.4 Å². The van der Waals surface area contributed by atoms with E-state index >= 15 is 0 Å². The molecule has 6 heteroatoms. The van der Waals surface area contributed by atoms with Gasteiger partial charge in [0, 0.05) is 30.4 Å². The third kappa shape index (κ3) is 4.53. The van der Waals surface area contributed by atoms with Crippen molar-refractivity contribution in [3.63, 3.8) is 0 Å². The van der Waals surface area contributed by atoms with Gasteiger partial charge in [0.2, 0.25) is 5.91 Å². The number of benzene rings is 2. The molecule has 0 spiro atoms. The van der Waals surface area contributed by atoms with Crippen LogP contribution in [0.3, 0.4) is 0 Å². The SMILES string of the molecule is CCc1ccc(CN2C(=O)c3c(-n4cccc4)c4cc(C)ccc4n3CC2(C)C(=O)NC2CCC(C)CC2)cc1. The standard InChI is InChI=1S/C34H40N4O2/c1-5-25-11-13-26(14-12-25)21-38-32(39)31-30(36-18-6-7-19-36)28-20-24(3)10-17-29(28)37(31)22-34(38,4)33(40)35-27-15-8-23(2)9-16-27/h6-7,10-14,17-20,23,27H,5,8-9,15-16,21-22H2,1-4H3,(H,35,40). The summed E-state index contributed by atoms with van der Waals surface area (Å²) < 4.78 is 4.12. The van der Waals surface area contributed by atoms with Gasteiger partial charge in [0.05, 0.1) is 17.7 Å². The fraction of sp³-hybridized carbons (Fsp3) is 0.412. The number of nitrogens with one attached hydrogen (secondary N) is 1. The maximum absolute atomic E-state index is 14.7. The maximum atomic E-state index is 14.7. The Morgan fingerprint density at radius 3 is 2.35 bits per heavy atom. The first kappa shape index (κ1) is 26.4. The minimum absolute atomic E-state index is 0.0623. The van der Waals surface area contributed by atoms with E-state index in [-0.39, 0.29) is 17.9 Å². The molecule has 0 radical (unpaired) electrons. The number of hydrogen-bond acceptors (Lipinski definition) is 2. The van der Waals surface area contributed by atoms with Crippen LogP contribution >= 0.6 is 0 Å². The molecular weight excluding hydrogens is 496 g/mol. The normalized spacial score (nSPS) is 22.9. The lowest BCUT2D eigenvalue weighted by atomic mass is 9.86. The van der Waals surface area contributed by atoms with Crippen LogP contribution in [-0.2, 0) is 24.3 Å². The van der Waals surface area contributed by atoms with E-state index in [1.165, 1.54) is 5.56 Å². The van der Waals surface area contributed by atoms with Crippen molar-refractivity contribution in [2.24, 2.45) is 5.92 Å². The minimum Gasteiger partial charge on any atom is -0.351 e. The first-order valence-electron chi connectivity index (χ1n) is 14.8. The van der Waals surface area contributed by atoms with Gasteiger partial charge in [0.25, 0.3) is 5.91 Å². The van der Waals surface area contributed by atoms with Crippen LogP contribution in [0.1, 0.15) is 73.6 Å². The van der Waals surface area contributed by atoms with Crippen molar-refractivity contribution in [2.75, 3.05) is 0 Å². The van der Waals surface area contributed by atoms with Crippen LogP contribution in [-0.4, -0.2) is 37.4 Å². The highest BCUT2D eigenvalue weighted by atomic mass is 16.2. The molecule has 6 nitrogen and oxygen atoms in total. The molecule has 0 bridgehead atoms. The van der Waals surface area contributed by atoms with Gasteiger partial charge in [-0.25, -0.2) is 0 Å². The van der Waals surface area contributed by atoms with E-state index < -0.39 is 5.54 Å². The van der Waals surface area contributed by atoms with Crippen LogP contribution in [0.4, 0.5) is 0 Å². The topological polar surface area (TPSA) is 59.3 Å². The van der Waals surface area contributed by atoms with Crippen molar-refractivity contribution in [2.45, 2.75) is 84.5 Å². The predicted octanol–water partition coefficient (Wildman–Crippen LogP) is 6.41. The molecule has 1 unspecified atom stereocenters. The Morgan fingerprint density at radius 2 is 1.68 bits per heavy atom. The summed E-state index contributed by atoms with van der Waals surface area (Å²) in [5.41, 5.74) is 4.88. The maximum Gasteiger partial charge on any atom is 0.273 e. The summed E-state index contributed by atoms with van der Waals surface area (Å²) in [6.07, 6.45) is 9.17. The molecule has 3 heterocycles. The van der Waals surface area contributed by atoms with E-state index in [9.17, 15) is 9.59 Å². The molecule has 1 aliphatic heterocycles. The molecule has 2 amide bonds. The molecule has 40 heavy (non-hydrogen) atoms. The first-order valence-corrected chi connectivity index (χ1v) is 14.8. The smallest absolute Gasteiger partial charge is 0.273 e. The molecule has 6 rings (SSSR count). The summed E-state index contributed by atoms with van der Waals surface area (Å²) >= 11 is 0. The Labute approximate surface area is 237 Å². The summed E-state index contributed by atoms with van der Waals surface area (Å²) in [6, 6.07) is 18.9. The molecule has 1 aliphatic carbocycles. The third-order valence-electron chi connectivity index (χ3n) is 9.18. The molecule has 0 saturated heterocycles. The number of aryl methyl sites for hydroxylation is 2. The lowest BCUT2D eigenvalue weighted by Gasteiger charge is -2.45. The van der Waals surface area contributed by atoms with Crippen LogP contribution in [0.2, 0.25) is 0 Å². The lowest BCUT2D eigenvalue weighted by Crippen LogP contribution is -2.64. The predicted molar refractivity (Wildman–Crippen MR) is 160 cm³/mol. The largest absolute Gasteiger partial charge is 0.351 e. The van der Waals surface area contributed by atoms with E-state index in [1.54, 1.807) is 0 Å². The fourth-order valence-corrected chi connectivity index (χ4v) is 6.57. The molecule has 208 valence electrons. The van der Waals surface area contributed by atoms with Crippen LogP contribution in [0.15, 0.2) is 67.0 Å². The molecule has 2 aromatic carbocycles. The number of fused-ring (bicyclic) bond motifs is 3. The Morgan fingerprint density at radius 1 is 1.00 bits per heavy atom. The van der Waals surface area contributed by atoms with Gasteiger partial charge in [-0.05, 0) is 87.3 Å². The van der Waals surface area contributed by atoms with Crippen LogP contribution in [0, 0.1) is 12.8 Å². The quantitative estimate of drug-likeness (QED) is 0.309. The zero-order valence-corrected chi connectivity index (χ0v) is 24.1. The molecule has 1 saturated carbocycles. The average molecular weight is 537 g/mol.